The molecule has 1 aliphatic carbocycles. The number of hydrogen-bond donors (Lipinski definition) is 0. The summed E-state index contributed by atoms with van der Waals surface area (Å²) in [5.74, 6) is 0.734. The van der Waals surface area contributed by atoms with Crippen LogP contribution in [0.25, 0.3) is 0 Å². The lowest BCUT2D eigenvalue weighted by molar-refractivity contribution is 0.0479. The van der Waals surface area contributed by atoms with Crippen LogP contribution >= 0.6 is 0 Å². The van der Waals surface area contributed by atoms with Crippen molar-refractivity contribution in [3.8, 4) is 0 Å². The second-order valence-electron chi connectivity index (χ2n) is 5.48. The van der Waals surface area contributed by atoms with E-state index in [1.54, 1.807) is 12.4 Å². The molecule has 1 saturated carbocycles. The number of ether oxygens (including phenoxy) is 1. The summed E-state index contributed by atoms with van der Waals surface area (Å²) in [4.78, 5) is 22.3. The van der Waals surface area contributed by atoms with Crippen LogP contribution in [0.4, 0.5) is 0 Å². The number of aryl methyl sites for hydroxylation is 1. The lowest BCUT2D eigenvalue weighted by Gasteiger charge is -2.16. The number of hydrogen-bond acceptors (Lipinski definition) is 4. The van der Waals surface area contributed by atoms with Gasteiger partial charge in [-0.2, -0.15) is 0 Å². The smallest absolute Gasteiger partial charge is 0.274 e. The number of amides is 1. The molecule has 1 aliphatic heterocycles. The Balaban J connectivity index is 1.54. The van der Waals surface area contributed by atoms with Crippen LogP contribution in [-0.4, -0.2) is 46.6 Å². The Kier molecular flexibility index (Phi) is 3.46. The van der Waals surface area contributed by atoms with Crippen LogP contribution in [0.15, 0.2) is 12.4 Å². The Bertz CT molecular complexity index is 456. The van der Waals surface area contributed by atoms with E-state index in [0.29, 0.717) is 12.2 Å². The third-order valence-electron chi connectivity index (χ3n) is 3.70. The van der Waals surface area contributed by atoms with Gasteiger partial charge in [-0.05, 0) is 32.1 Å². The van der Waals surface area contributed by atoms with E-state index < -0.39 is 0 Å². The maximum atomic E-state index is 12.2. The molecule has 5 nitrogen and oxygen atoms in total. The van der Waals surface area contributed by atoms with Crippen LogP contribution in [0.3, 0.4) is 0 Å². The maximum absolute atomic E-state index is 12.2. The highest BCUT2D eigenvalue weighted by atomic mass is 16.5. The highest BCUT2D eigenvalue weighted by molar-refractivity contribution is 5.92. The number of nitrogens with zero attached hydrogens (tertiary/aromatic N) is 3. The van der Waals surface area contributed by atoms with Gasteiger partial charge in [0.25, 0.3) is 5.91 Å². The van der Waals surface area contributed by atoms with Gasteiger partial charge in [-0.3, -0.25) is 9.78 Å². The topological polar surface area (TPSA) is 55.3 Å². The van der Waals surface area contributed by atoms with Gasteiger partial charge in [0.05, 0.1) is 18.0 Å². The van der Waals surface area contributed by atoms with Gasteiger partial charge in [-0.25, -0.2) is 4.98 Å². The molecule has 2 aliphatic rings. The highest BCUT2D eigenvalue weighted by Gasteiger charge is 2.30. The van der Waals surface area contributed by atoms with Gasteiger partial charge >= 0.3 is 0 Å². The van der Waals surface area contributed by atoms with Crippen molar-refractivity contribution in [2.24, 2.45) is 5.92 Å². The number of carbonyl (C=O) groups excluding carboxylic acids is 1. The zero-order valence-electron chi connectivity index (χ0n) is 11.2. The van der Waals surface area contributed by atoms with E-state index in [1.165, 1.54) is 12.8 Å². The molecule has 102 valence electrons. The van der Waals surface area contributed by atoms with Gasteiger partial charge in [0.15, 0.2) is 0 Å². The maximum Gasteiger partial charge on any atom is 0.274 e. The second kappa shape index (κ2) is 5.25. The van der Waals surface area contributed by atoms with Crippen molar-refractivity contribution in [3.05, 3.63) is 23.8 Å². The summed E-state index contributed by atoms with van der Waals surface area (Å²) in [6, 6.07) is 0. The van der Waals surface area contributed by atoms with E-state index >= 15 is 0 Å². The van der Waals surface area contributed by atoms with Crippen LogP contribution in [0.5, 0.6) is 0 Å². The first-order chi connectivity index (χ1) is 9.22. The molecule has 1 unspecified atom stereocenters. The zero-order valence-corrected chi connectivity index (χ0v) is 11.2. The summed E-state index contributed by atoms with van der Waals surface area (Å²) >= 11 is 0. The van der Waals surface area contributed by atoms with Crippen molar-refractivity contribution < 1.29 is 9.53 Å². The lowest BCUT2D eigenvalue weighted by Crippen LogP contribution is -2.31. The molecular formula is C14H19N3O2. The third kappa shape index (κ3) is 3.10. The zero-order chi connectivity index (χ0) is 13.2. The van der Waals surface area contributed by atoms with Gasteiger partial charge in [-0.15, -0.1) is 0 Å². The van der Waals surface area contributed by atoms with Crippen LogP contribution in [0.1, 0.15) is 35.4 Å². The van der Waals surface area contributed by atoms with Crippen LogP contribution in [0, 0.1) is 12.8 Å². The number of aromatic nitrogens is 2. The van der Waals surface area contributed by atoms with E-state index in [0.717, 1.165) is 31.2 Å². The molecule has 3 rings (SSSR count). The minimum atomic E-state index is -0.0370. The molecule has 0 radical (unpaired) electrons. The molecule has 2 fully saturated rings. The molecule has 1 atom stereocenters. The molecule has 0 aromatic carbocycles. The van der Waals surface area contributed by atoms with Gasteiger partial charge in [-0.1, -0.05) is 0 Å². The average molecular weight is 261 g/mol. The molecule has 0 bridgehead atoms. The van der Waals surface area contributed by atoms with Crippen molar-refractivity contribution in [1.29, 1.82) is 0 Å². The molecule has 2 heterocycles. The summed E-state index contributed by atoms with van der Waals surface area (Å²) in [6.45, 7) is 4.15. The Morgan fingerprint density at radius 2 is 2.21 bits per heavy atom. The third-order valence-corrected chi connectivity index (χ3v) is 3.70. The fourth-order valence-electron chi connectivity index (χ4n) is 2.27. The summed E-state index contributed by atoms with van der Waals surface area (Å²) in [5.41, 5.74) is 1.25. The Morgan fingerprint density at radius 3 is 2.89 bits per heavy atom. The van der Waals surface area contributed by atoms with Crippen LogP contribution in [0.2, 0.25) is 0 Å². The highest BCUT2D eigenvalue weighted by Crippen LogP contribution is 2.30. The summed E-state index contributed by atoms with van der Waals surface area (Å²) < 4.78 is 5.83. The summed E-state index contributed by atoms with van der Waals surface area (Å²) in [6.07, 6.45) is 6.91. The van der Waals surface area contributed by atoms with Gasteiger partial charge in [0.1, 0.15) is 5.69 Å². The van der Waals surface area contributed by atoms with Gasteiger partial charge in [0, 0.05) is 25.9 Å². The SMILES string of the molecule is Cc1cnc(C(=O)N2CCC(OCC3CC3)C2)cn1. The van der Waals surface area contributed by atoms with Gasteiger partial charge < -0.3 is 9.64 Å². The van der Waals surface area contributed by atoms with Crippen molar-refractivity contribution in [2.45, 2.75) is 32.3 Å². The van der Waals surface area contributed by atoms with Gasteiger partial charge in [0.2, 0.25) is 0 Å². The minimum Gasteiger partial charge on any atom is -0.376 e. The lowest BCUT2D eigenvalue weighted by atomic mass is 10.3. The largest absolute Gasteiger partial charge is 0.376 e. The monoisotopic (exact) mass is 261 g/mol. The summed E-state index contributed by atoms with van der Waals surface area (Å²) in [7, 11) is 0. The molecule has 1 aromatic rings. The second-order valence-corrected chi connectivity index (χ2v) is 5.48. The first-order valence-electron chi connectivity index (χ1n) is 6.92. The number of carbonyl (C=O) groups is 1. The molecule has 0 spiro atoms. The van der Waals surface area contributed by atoms with Crippen molar-refractivity contribution in [1.82, 2.24) is 14.9 Å². The predicted octanol–water partition coefficient (Wildman–Crippen LogP) is 1.43. The molecule has 1 saturated heterocycles. The molecule has 1 amide bonds. The number of likely N-dealkylation sites (tertiary alicyclic amines) is 1. The summed E-state index contributed by atoms with van der Waals surface area (Å²) in [5, 5.41) is 0. The standard InChI is InChI=1S/C14H19N3O2/c1-10-6-16-13(7-15-10)14(18)17-5-4-12(8-17)19-9-11-2-3-11/h6-7,11-12H,2-5,8-9H2,1H3. The molecule has 5 heteroatoms. The quantitative estimate of drug-likeness (QED) is 0.822. The Labute approximate surface area is 113 Å². The normalized spacial score (nSPS) is 22.8. The molecule has 0 N–H and O–H groups in total. The average Bonchev–Trinajstić information content (AvgIpc) is 3.13. The first-order valence-corrected chi connectivity index (χ1v) is 6.92. The molecule has 1 aromatic heterocycles. The Morgan fingerprint density at radius 1 is 1.37 bits per heavy atom. The minimum absolute atomic E-state index is 0.0370. The first kappa shape index (κ1) is 12.5. The van der Waals surface area contributed by atoms with Crippen LogP contribution in [-0.2, 0) is 4.74 Å². The van der Waals surface area contributed by atoms with E-state index in [4.69, 9.17) is 4.74 Å². The van der Waals surface area contributed by atoms with E-state index in [9.17, 15) is 4.79 Å². The van der Waals surface area contributed by atoms with Crippen molar-refractivity contribution in [3.63, 3.8) is 0 Å². The molecular weight excluding hydrogens is 242 g/mol. The van der Waals surface area contributed by atoms with Crippen molar-refractivity contribution in [2.75, 3.05) is 19.7 Å². The van der Waals surface area contributed by atoms with Crippen molar-refractivity contribution >= 4 is 5.91 Å². The number of rotatable bonds is 4. The van der Waals surface area contributed by atoms with Crippen LogP contribution < -0.4 is 0 Å². The Hall–Kier alpha value is -1.49. The fourth-order valence-corrected chi connectivity index (χ4v) is 2.27. The van der Waals surface area contributed by atoms with E-state index in [-0.39, 0.29) is 12.0 Å². The fraction of sp³-hybridized carbons (Fsp3) is 0.643. The van der Waals surface area contributed by atoms with E-state index in [1.807, 2.05) is 11.8 Å². The molecule has 19 heavy (non-hydrogen) atoms. The predicted molar refractivity (Wildman–Crippen MR) is 69.8 cm³/mol. The van der Waals surface area contributed by atoms with E-state index in [2.05, 4.69) is 9.97 Å².